The lowest BCUT2D eigenvalue weighted by Crippen LogP contribution is -2.58. The zero-order valence-corrected chi connectivity index (χ0v) is 11.2. The van der Waals surface area contributed by atoms with Gasteiger partial charge in [-0.05, 0) is 46.5 Å². The van der Waals surface area contributed by atoms with Gasteiger partial charge in [-0.15, -0.1) is 0 Å². The fourth-order valence-corrected chi connectivity index (χ4v) is 4.17. The molecule has 0 spiro atoms. The van der Waals surface area contributed by atoms with Crippen molar-refractivity contribution in [1.82, 2.24) is 5.32 Å². The maximum absolute atomic E-state index is 11.3. The van der Waals surface area contributed by atoms with E-state index in [1.807, 2.05) is 0 Å². The largest absolute Gasteiger partial charge is 0.307 e. The molecule has 0 radical (unpaired) electrons. The van der Waals surface area contributed by atoms with Gasteiger partial charge < -0.3 is 5.32 Å². The van der Waals surface area contributed by atoms with E-state index in [2.05, 4.69) is 33.0 Å². The first-order valence-electron chi connectivity index (χ1n) is 5.46. The Balaban J connectivity index is 2.76. The molecule has 15 heavy (non-hydrogen) atoms. The van der Waals surface area contributed by atoms with E-state index in [1.165, 1.54) is 6.26 Å². The molecule has 1 N–H and O–H groups in total. The summed E-state index contributed by atoms with van der Waals surface area (Å²) in [7, 11) is -2.85. The minimum atomic E-state index is -2.85. The molecule has 0 unspecified atom stereocenters. The third-order valence-electron chi connectivity index (χ3n) is 2.81. The molecule has 1 fully saturated rings. The van der Waals surface area contributed by atoms with Crippen molar-refractivity contribution in [1.29, 1.82) is 0 Å². The van der Waals surface area contributed by atoms with Gasteiger partial charge in [-0.2, -0.15) is 0 Å². The molecule has 0 aromatic carbocycles. The average molecular weight is 233 g/mol. The Kier molecular flexibility index (Phi) is 3.23. The molecule has 0 aromatic heterocycles. The number of piperidine rings is 1. The van der Waals surface area contributed by atoms with E-state index in [0.717, 1.165) is 12.8 Å². The Labute approximate surface area is 93.6 Å². The second kappa shape index (κ2) is 3.74. The van der Waals surface area contributed by atoms with Crippen LogP contribution in [0, 0.1) is 5.92 Å². The topological polar surface area (TPSA) is 46.2 Å². The molecule has 0 aliphatic carbocycles. The van der Waals surface area contributed by atoms with E-state index in [4.69, 9.17) is 0 Å². The Morgan fingerprint density at radius 2 is 1.53 bits per heavy atom. The maximum Gasteiger partial charge on any atom is 0.147 e. The molecule has 0 saturated carbocycles. The zero-order chi connectivity index (χ0) is 11.9. The van der Waals surface area contributed by atoms with Crippen molar-refractivity contribution in [2.75, 3.05) is 12.0 Å². The van der Waals surface area contributed by atoms with Gasteiger partial charge in [0.1, 0.15) is 9.84 Å². The van der Waals surface area contributed by atoms with Crippen LogP contribution in [-0.4, -0.2) is 31.5 Å². The van der Waals surface area contributed by atoms with Gasteiger partial charge in [0.15, 0.2) is 0 Å². The van der Waals surface area contributed by atoms with Crippen LogP contribution in [-0.2, 0) is 9.84 Å². The summed E-state index contributed by atoms with van der Waals surface area (Å²) in [5.41, 5.74) is 0.0776. The number of hydrogen-bond donors (Lipinski definition) is 1. The van der Waals surface area contributed by atoms with Gasteiger partial charge in [-0.25, -0.2) is 8.42 Å². The highest BCUT2D eigenvalue weighted by Crippen LogP contribution is 2.33. The summed E-state index contributed by atoms with van der Waals surface area (Å²) in [5.74, 6) is 0.605. The van der Waals surface area contributed by atoms with Crippen molar-refractivity contribution in [3.63, 3.8) is 0 Å². The second-order valence-electron chi connectivity index (χ2n) is 6.26. The summed E-state index contributed by atoms with van der Waals surface area (Å²) >= 11 is 0. The van der Waals surface area contributed by atoms with Crippen molar-refractivity contribution in [3.8, 4) is 0 Å². The van der Waals surface area contributed by atoms with Gasteiger partial charge in [0, 0.05) is 17.3 Å². The van der Waals surface area contributed by atoms with Crippen molar-refractivity contribution in [2.45, 2.75) is 51.6 Å². The second-order valence-corrected chi connectivity index (χ2v) is 8.44. The van der Waals surface area contributed by atoms with Gasteiger partial charge in [0.05, 0.1) is 5.75 Å². The lowest BCUT2D eigenvalue weighted by Gasteiger charge is -2.46. The highest BCUT2D eigenvalue weighted by Gasteiger charge is 2.38. The summed E-state index contributed by atoms with van der Waals surface area (Å²) in [4.78, 5) is 0. The van der Waals surface area contributed by atoms with Crippen LogP contribution in [0.3, 0.4) is 0 Å². The Morgan fingerprint density at radius 1 is 1.13 bits per heavy atom. The van der Waals surface area contributed by atoms with Crippen molar-refractivity contribution in [3.05, 3.63) is 0 Å². The van der Waals surface area contributed by atoms with Crippen LogP contribution in [0.15, 0.2) is 0 Å². The highest BCUT2D eigenvalue weighted by molar-refractivity contribution is 7.90. The number of nitrogens with one attached hydrogen (secondary N) is 1. The molecule has 0 aromatic rings. The third kappa shape index (κ3) is 4.51. The normalized spacial score (nSPS) is 26.5. The molecule has 0 bridgehead atoms. The number of rotatable bonds is 2. The van der Waals surface area contributed by atoms with Crippen LogP contribution in [0.1, 0.15) is 40.5 Å². The van der Waals surface area contributed by atoms with E-state index in [-0.39, 0.29) is 17.0 Å². The molecule has 1 rings (SSSR count). The molecule has 1 saturated heterocycles. The summed E-state index contributed by atoms with van der Waals surface area (Å²) < 4.78 is 22.6. The predicted molar refractivity (Wildman–Crippen MR) is 63.7 cm³/mol. The molecule has 3 nitrogen and oxygen atoms in total. The minimum absolute atomic E-state index is 0.0388. The summed E-state index contributed by atoms with van der Waals surface area (Å²) in [5, 5.41) is 3.55. The summed E-state index contributed by atoms with van der Waals surface area (Å²) in [6.45, 7) is 8.57. The Morgan fingerprint density at radius 3 is 1.87 bits per heavy atom. The average Bonchev–Trinajstić information content (AvgIpc) is 1.70. The van der Waals surface area contributed by atoms with Crippen LogP contribution in [0.2, 0.25) is 0 Å². The SMILES string of the molecule is CC1(C)CC(CS(C)(=O)=O)CC(C)(C)N1. The van der Waals surface area contributed by atoms with Crippen molar-refractivity contribution < 1.29 is 8.42 Å². The molecule has 0 atom stereocenters. The lowest BCUT2D eigenvalue weighted by molar-refractivity contribution is 0.139. The third-order valence-corrected chi connectivity index (χ3v) is 3.89. The lowest BCUT2D eigenvalue weighted by atomic mass is 9.77. The van der Waals surface area contributed by atoms with Gasteiger partial charge >= 0.3 is 0 Å². The Bertz CT molecular complexity index is 314. The van der Waals surface area contributed by atoms with Crippen LogP contribution in [0.4, 0.5) is 0 Å². The Hall–Kier alpha value is -0.0900. The van der Waals surface area contributed by atoms with E-state index < -0.39 is 9.84 Å². The summed E-state index contributed by atoms with van der Waals surface area (Å²) in [6.07, 6.45) is 3.20. The fraction of sp³-hybridized carbons (Fsp3) is 1.00. The smallest absolute Gasteiger partial charge is 0.147 e. The predicted octanol–water partition coefficient (Wildman–Crippen LogP) is 1.59. The molecule has 1 aliphatic rings. The zero-order valence-electron chi connectivity index (χ0n) is 10.4. The van der Waals surface area contributed by atoms with Crippen molar-refractivity contribution >= 4 is 9.84 Å². The van der Waals surface area contributed by atoms with Crippen LogP contribution < -0.4 is 5.32 Å². The molecular weight excluding hydrogens is 210 g/mol. The van der Waals surface area contributed by atoms with Crippen molar-refractivity contribution in [2.24, 2.45) is 5.92 Å². The molecule has 90 valence electrons. The molecule has 4 heteroatoms. The fourth-order valence-electron chi connectivity index (χ4n) is 3.08. The molecular formula is C11H23NO2S. The highest BCUT2D eigenvalue weighted by atomic mass is 32.2. The van der Waals surface area contributed by atoms with Crippen LogP contribution in [0.5, 0.6) is 0 Å². The quantitative estimate of drug-likeness (QED) is 0.788. The van der Waals surface area contributed by atoms with E-state index in [9.17, 15) is 8.42 Å². The van der Waals surface area contributed by atoms with Gasteiger partial charge in [0.2, 0.25) is 0 Å². The number of sulfone groups is 1. The monoisotopic (exact) mass is 233 g/mol. The van der Waals surface area contributed by atoms with Gasteiger partial charge in [0.25, 0.3) is 0 Å². The summed E-state index contributed by atoms with van der Waals surface area (Å²) in [6, 6.07) is 0. The van der Waals surface area contributed by atoms with Gasteiger partial charge in [-0.3, -0.25) is 0 Å². The van der Waals surface area contributed by atoms with Crippen LogP contribution in [0.25, 0.3) is 0 Å². The van der Waals surface area contributed by atoms with Gasteiger partial charge in [-0.1, -0.05) is 0 Å². The first kappa shape index (κ1) is 13.0. The first-order valence-corrected chi connectivity index (χ1v) is 7.52. The van der Waals surface area contributed by atoms with Crippen LogP contribution >= 0.6 is 0 Å². The van der Waals surface area contributed by atoms with E-state index in [1.54, 1.807) is 0 Å². The number of hydrogen-bond acceptors (Lipinski definition) is 3. The minimum Gasteiger partial charge on any atom is -0.307 e. The van der Waals surface area contributed by atoms with E-state index in [0.29, 0.717) is 5.75 Å². The van der Waals surface area contributed by atoms with E-state index >= 15 is 0 Å². The molecule has 0 amide bonds. The maximum atomic E-state index is 11.3. The standard InChI is InChI=1S/C11H23NO2S/c1-10(2)6-9(8-15(5,13)14)7-11(3,4)12-10/h9,12H,6-8H2,1-5H3. The molecule has 1 heterocycles. The first-order chi connectivity index (χ1) is 6.49. The molecule has 1 aliphatic heterocycles.